The Kier molecular flexibility index (Phi) is 8.36. The van der Waals surface area contributed by atoms with Gasteiger partial charge in [-0.15, -0.1) is 12.4 Å². The van der Waals surface area contributed by atoms with Gasteiger partial charge in [-0.05, 0) is 48.2 Å². The van der Waals surface area contributed by atoms with Gasteiger partial charge in [0.1, 0.15) is 6.61 Å². The number of halogens is 2. The molecule has 0 aliphatic carbocycles. The van der Waals surface area contributed by atoms with Gasteiger partial charge in [0.25, 0.3) is 0 Å². The fraction of sp³-hybridized carbons (Fsp3) is 0.318. The molecule has 3 nitrogen and oxygen atoms in total. The van der Waals surface area contributed by atoms with Crippen LogP contribution < -0.4 is 0 Å². The predicted octanol–water partition coefficient (Wildman–Crippen LogP) is 5.37. The maximum absolute atomic E-state index is 12.8. The molecule has 0 N–H and O–H groups in total. The summed E-state index contributed by atoms with van der Waals surface area (Å²) in [5.74, 6) is -0.223. The van der Waals surface area contributed by atoms with Crippen LogP contribution in [0.25, 0.3) is 5.57 Å². The van der Waals surface area contributed by atoms with Gasteiger partial charge in [-0.25, -0.2) is 4.79 Å². The number of benzene rings is 2. The summed E-state index contributed by atoms with van der Waals surface area (Å²) in [6.07, 6.45) is 1.92. The second-order valence-electron chi connectivity index (χ2n) is 6.55. The van der Waals surface area contributed by atoms with E-state index in [4.69, 9.17) is 16.3 Å². The van der Waals surface area contributed by atoms with Crippen molar-refractivity contribution in [3.05, 3.63) is 76.3 Å². The third-order valence-corrected chi connectivity index (χ3v) is 4.87. The molecule has 0 fully saturated rings. The standard InChI is InChI=1S/C22H24ClNO2.ClH/c1-2-13-24-14-12-20(18-8-10-19(23)11-9-18)21(15-24)22(25)26-16-17-6-4-3-5-7-17;/h3-11H,2,12-16H2,1H3;1H. The van der Waals surface area contributed by atoms with Gasteiger partial charge in [0, 0.05) is 18.1 Å². The average molecular weight is 406 g/mol. The summed E-state index contributed by atoms with van der Waals surface area (Å²) in [5.41, 5.74) is 3.89. The summed E-state index contributed by atoms with van der Waals surface area (Å²) in [7, 11) is 0. The molecule has 0 saturated carbocycles. The minimum Gasteiger partial charge on any atom is -0.457 e. The molecule has 0 spiro atoms. The van der Waals surface area contributed by atoms with Crippen LogP contribution in [0, 0.1) is 0 Å². The summed E-state index contributed by atoms with van der Waals surface area (Å²) in [6, 6.07) is 17.5. The molecule has 0 atom stereocenters. The van der Waals surface area contributed by atoms with E-state index in [0.717, 1.165) is 48.2 Å². The number of hydrogen-bond acceptors (Lipinski definition) is 3. The van der Waals surface area contributed by atoms with Crippen molar-refractivity contribution < 1.29 is 9.53 Å². The number of esters is 1. The maximum Gasteiger partial charge on any atom is 0.335 e. The lowest BCUT2D eigenvalue weighted by atomic mass is 9.93. The Morgan fingerprint density at radius 2 is 1.81 bits per heavy atom. The van der Waals surface area contributed by atoms with E-state index in [2.05, 4.69) is 11.8 Å². The zero-order valence-electron chi connectivity index (χ0n) is 15.5. The Morgan fingerprint density at radius 1 is 1.11 bits per heavy atom. The average Bonchev–Trinajstić information content (AvgIpc) is 2.68. The van der Waals surface area contributed by atoms with Crippen molar-refractivity contribution >= 4 is 35.6 Å². The van der Waals surface area contributed by atoms with Crippen LogP contribution >= 0.6 is 24.0 Å². The fourth-order valence-corrected chi connectivity index (χ4v) is 3.42. The highest BCUT2D eigenvalue weighted by molar-refractivity contribution is 6.30. The summed E-state index contributed by atoms with van der Waals surface area (Å²) >= 11 is 6.02. The molecule has 0 saturated heterocycles. The number of ether oxygens (including phenoxy) is 1. The van der Waals surface area contributed by atoms with E-state index in [9.17, 15) is 4.79 Å². The molecule has 144 valence electrons. The molecule has 0 bridgehead atoms. The first-order chi connectivity index (χ1) is 12.7. The van der Waals surface area contributed by atoms with Gasteiger partial charge in [-0.3, -0.25) is 4.90 Å². The number of nitrogens with zero attached hydrogens (tertiary/aromatic N) is 1. The van der Waals surface area contributed by atoms with E-state index < -0.39 is 0 Å². The molecule has 0 unspecified atom stereocenters. The van der Waals surface area contributed by atoms with Gasteiger partial charge in [-0.2, -0.15) is 0 Å². The third kappa shape index (κ3) is 5.83. The van der Waals surface area contributed by atoms with Crippen molar-refractivity contribution in [2.75, 3.05) is 19.6 Å². The van der Waals surface area contributed by atoms with Crippen molar-refractivity contribution in [1.82, 2.24) is 4.90 Å². The second-order valence-corrected chi connectivity index (χ2v) is 6.99. The molecule has 0 aromatic heterocycles. The van der Waals surface area contributed by atoms with E-state index in [0.29, 0.717) is 18.2 Å². The first-order valence-corrected chi connectivity index (χ1v) is 9.46. The molecule has 1 aliphatic rings. The van der Waals surface area contributed by atoms with Gasteiger partial charge in [0.15, 0.2) is 0 Å². The SMILES string of the molecule is CCCN1CCC(c2ccc(Cl)cc2)=C(C(=O)OCc2ccccc2)C1.Cl. The minimum atomic E-state index is -0.223. The molecule has 1 aliphatic heterocycles. The lowest BCUT2D eigenvalue weighted by Gasteiger charge is -2.30. The first-order valence-electron chi connectivity index (χ1n) is 9.08. The van der Waals surface area contributed by atoms with Crippen molar-refractivity contribution in [3.63, 3.8) is 0 Å². The minimum absolute atomic E-state index is 0. The number of hydrogen-bond donors (Lipinski definition) is 0. The molecular formula is C22H25Cl2NO2. The zero-order valence-corrected chi connectivity index (χ0v) is 17.1. The molecule has 2 aromatic rings. The number of carbonyl (C=O) groups excluding carboxylic acids is 1. The topological polar surface area (TPSA) is 29.5 Å². The van der Waals surface area contributed by atoms with E-state index in [-0.39, 0.29) is 18.4 Å². The summed E-state index contributed by atoms with van der Waals surface area (Å²) in [6.45, 7) is 5.04. The Balaban J connectivity index is 0.00000261. The summed E-state index contributed by atoms with van der Waals surface area (Å²) in [5, 5.41) is 0.700. The third-order valence-electron chi connectivity index (χ3n) is 4.62. The van der Waals surface area contributed by atoms with Crippen LogP contribution in [0.15, 0.2) is 60.2 Å². The Bertz CT molecular complexity index is 773. The normalized spacial score (nSPS) is 14.6. The van der Waals surface area contributed by atoms with Crippen LogP contribution in [0.3, 0.4) is 0 Å². The fourth-order valence-electron chi connectivity index (χ4n) is 3.29. The Morgan fingerprint density at radius 3 is 2.48 bits per heavy atom. The van der Waals surface area contributed by atoms with Crippen LogP contribution in [-0.4, -0.2) is 30.5 Å². The van der Waals surface area contributed by atoms with Crippen LogP contribution in [-0.2, 0) is 16.1 Å². The van der Waals surface area contributed by atoms with Crippen LogP contribution in [0.1, 0.15) is 30.9 Å². The largest absolute Gasteiger partial charge is 0.457 e. The van der Waals surface area contributed by atoms with Crippen molar-refractivity contribution in [2.24, 2.45) is 0 Å². The lowest BCUT2D eigenvalue weighted by Crippen LogP contribution is -2.35. The summed E-state index contributed by atoms with van der Waals surface area (Å²) < 4.78 is 5.62. The predicted molar refractivity (Wildman–Crippen MR) is 113 cm³/mol. The molecule has 5 heteroatoms. The van der Waals surface area contributed by atoms with E-state index >= 15 is 0 Å². The maximum atomic E-state index is 12.8. The number of carbonyl (C=O) groups is 1. The van der Waals surface area contributed by atoms with Crippen LogP contribution in [0.2, 0.25) is 5.02 Å². The van der Waals surface area contributed by atoms with Crippen molar-refractivity contribution in [3.8, 4) is 0 Å². The Labute approximate surface area is 172 Å². The smallest absolute Gasteiger partial charge is 0.335 e. The van der Waals surface area contributed by atoms with E-state index in [1.54, 1.807) is 0 Å². The monoisotopic (exact) mass is 405 g/mol. The van der Waals surface area contributed by atoms with Crippen LogP contribution in [0.5, 0.6) is 0 Å². The first kappa shape index (κ1) is 21.5. The highest BCUT2D eigenvalue weighted by atomic mass is 35.5. The molecule has 27 heavy (non-hydrogen) atoms. The van der Waals surface area contributed by atoms with Gasteiger partial charge in [0.05, 0.1) is 5.57 Å². The molecular weight excluding hydrogens is 381 g/mol. The van der Waals surface area contributed by atoms with Gasteiger partial charge in [-0.1, -0.05) is 61.0 Å². The van der Waals surface area contributed by atoms with E-state index in [1.807, 2.05) is 54.6 Å². The number of rotatable bonds is 6. The van der Waals surface area contributed by atoms with Gasteiger partial charge >= 0.3 is 5.97 Å². The van der Waals surface area contributed by atoms with E-state index in [1.165, 1.54) is 0 Å². The van der Waals surface area contributed by atoms with Gasteiger partial charge < -0.3 is 4.74 Å². The highest BCUT2D eigenvalue weighted by Crippen LogP contribution is 2.29. The molecule has 0 amide bonds. The Hall–Kier alpha value is -1.81. The molecule has 2 aromatic carbocycles. The second kappa shape index (κ2) is 10.5. The zero-order chi connectivity index (χ0) is 18.4. The highest BCUT2D eigenvalue weighted by Gasteiger charge is 2.25. The van der Waals surface area contributed by atoms with Gasteiger partial charge in [0.2, 0.25) is 0 Å². The van der Waals surface area contributed by atoms with Crippen molar-refractivity contribution in [1.29, 1.82) is 0 Å². The lowest BCUT2D eigenvalue weighted by molar-refractivity contribution is -0.140. The molecule has 0 radical (unpaired) electrons. The van der Waals surface area contributed by atoms with Crippen molar-refractivity contribution in [2.45, 2.75) is 26.4 Å². The summed E-state index contributed by atoms with van der Waals surface area (Å²) in [4.78, 5) is 15.2. The molecule has 3 rings (SSSR count). The van der Waals surface area contributed by atoms with Crippen LogP contribution in [0.4, 0.5) is 0 Å². The molecule has 1 heterocycles. The quantitative estimate of drug-likeness (QED) is 0.604.